The highest BCUT2D eigenvalue weighted by atomic mass is 32.2. The summed E-state index contributed by atoms with van der Waals surface area (Å²) in [4.78, 5) is 0.225. The summed E-state index contributed by atoms with van der Waals surface area (Å²) < 4.78 is 27.7. The Labute approximate surface area is 138 Å². The van der Waals surface area contributed by atoms with Gasteiger partial charge in [-0.3, -0.25) is 4.72 Å². The number of hydrogen-bond donors (Lipinski definition) is 2. The van der Waals surface area contributed by atoms with Gasteiger partial charge >= 0.3 is 0 Å². The van der Waals surface area contributed by atoms with Crippen LogP contribution in [0.4, 0.5) is 11.4 Å². The van der Waals surface area contributed by atoms with Gasteiger partial charge in [-0.15, -0.1) is 0 Å². The third kappa shape index (κ3) is 3.85. The van der Waals surface area contributed by atoms with Crippen molar-refractivity contribution in [1.29, 1.82) is 0 Å². The third-order valence-electron chi connectivity index (χ3n) is 3.94. The average molecular weight is 332 g/mol. The first-order valence-electron chi connectivity index (χ1n) is 7.51. The molecule has 23 heavy (non-hydrogen) atoms. The molecule has 0 unspecified atom stereocenters. The standard InChI is InChI=1S/C18H24N2O2S/c1-12-10-16(19)17(11-13(12)2)20-23(21,22)15-8-6-14(7-9-15)18(3,4)5/h6-11,20H,19H2,1-5H3. The first kappa shape index (κ1) is 17.3. The van der Waals surface area contributed by atoms with Crippen LogP contribution in [0.3, 0.4) is 0 Å². The van der Waals surface area contributed by atoms with Crippen LogP contribution in [0.1, 0.15) is 37.5 Å². The lowest BCUT2D eigenvalue weighted by atomic mass is 9.87. The number of benzene rings is 2. The molecule has 0 heterocycles. The van der Waals surface area contributed by atoms with Gasteiger partial charge in [-0.1, -0.05) is 32.9 Å². The summed E-state index contributed by atoms with van der Waals surface area (Å²) in [5.41, 5.74) is 9.84. The van der Waals surface area contributed by atoms with Gasteiger partial charge in [0.25, 0.3) is 10.0 Å². The minimum atomic E-state index is -3.66. The Morgan fingerprint density at radius 2 is 1.48 bits per heavy atom. The van der Waals surface area contributed by atoms with E-state index in [9.17, 15) is 8.42 Å². The molecule has 0 radical (unpaired) electrons. The third-order valence-corrected chi connectivity index (χ3v) is 5.32. The first-order chi connectivity index (χ1) is 10.5. The Kier molecular flexibility index (Phi) is 4.44. The molecule has 2 aromatic carbocycles. The number of nitrogens with one attached hydrogen (secondary N) is 1. The number of hydrogen-bond acceptors (Lipinski definition) is 3. The molecule has 4 nitrogen and oxygen atoms in total. The molecule has 0 bridgehead atoms. The van der Waals surface area contributed by atoms with Gasteiger partial charge in [0, 0.05) is 0 Å². The fourth-order valence-electron chi connectivity index (χ4n) is 2.26. The molecule has 0 spiro atoms. The second-order valence-corrected chi connectivity index (χ2v) is 8.59. The van der Waals surface area contributed by atoms with Gasteiger partial charge in [-0.2, -0.15) is 0 Å². The summed E-state index contributed by atoms with van der Waals surface area (Å²) in [6.45, 7) is 10.1. The van der Waals surface area contributed by atoms with Gasteiger partial charge in [0.15, 0.2) is 0 Å². The quantitative estimate of drug-likeness (QED) is 0.835. The van der Waals surface area contributed by atoms with E-state index in [1.54, 1.807) is 24.3 Å². The molecule has 3 N–H and O–H groups in total. The van der Waals surface area contributed by atoms with Crippen molar-refractivity contribution in [2.75, 3.05) is 10.5 Å². The molecule has 0 aliphatic heterocycles. The van der Waals surface area contributed by atoms with Gasteiger partial charge in [0.2, 0.25) is 0 Å². The summed E-state index contributed by atoms with van der Waals surface area (Å²) in [7, 11) is -3.66. The highest BCUT2D eigenvalue weighted by Crippen LogP contribution is 2.27. The van der Waals surface area contributed by atoms with Crippen LogP contribution in [0, 0.1) is 13.8 Å². The molecular formula is C18H24N2O2S. The zero-order valence-electron chi connectivity index (χ0n) is 14.3. The van der Waals surface area contributed by atoms with Crippen LogP contribution in [0.5, 0.6) is 0 Å². The van der Waals surface area contributed by atoms with Crippen molar-refractivity contribution in [2.45, 2.75) is 44.9 Å². The molecule has 5 heteroatoms. The maximum atomic E-state index is 12.5. The van der Waals surface area contributed by atoms with E-state index >= 15 is 0 Å². The van der Waals surface area contributed by atoms with E-state index in [0.717, 1.165) is 16.7 Å². The van der Waals surface area contributed by atoms with Crippen molar-refractivity contribution in [3.63, 3.8) is 0 Å². The zero-order chi connectivity index (χ0) is 17.4. The minimum absolute atomic E-state index is 0.0196. The predicted molar refractivity (Wildman–Crippen MR) is 96.3 cm³/mol. The van der Waals surface area contributed by atoms with Crippen molar-refractivity contribution < 1.29 is 8.42 Å². The SMILES string of the molecule is Cc1cc(N)c(NS(=O)(=O)c2ccc(C(C)(C)C)cc2)cc1C. The molecule has 0 amide bonds. The van der Waals surface area contributed by atoms with Crippen LogP contribution in [-0.4, -0.2) is 8.42 Å². The first-order valence-corrected chi connectivity index (χ1v) is 8.99. The number of aryl methyl sites for hydroxylation is 2. The van der Waals surface area contributed by atoms with Gasteiger partial charge in [-0.05, 0) is 60.2 Å². The van der Waals surface area contributed by atoms with Crippen LogP contribution in [-0.2, 0) is 15.4 Å². The molecule has 124 valence electrons. The second-order valence-electron chi connectivity index (χ2n) is 6.90. The summed E-state index contributed by atoms with van der Waals surface area (Å²) in [6, 6.07) is 10.5. The van der Waals surface area contributed by atoms with Crippen molar-refractivity contribution in [1.82, 2.24) is 0 Å². The van der Waals surface area contributed by atoms with Crippen LogP contribution >= 0.6 is 0 Å². The Hall–Kier alpha value is -2.01. The van der Waals surface area contributed by atoms with Crippen molar-refractivity contribution in [2.24, 2.45) is 0 Å². The highest BCUT2D eigenvalue weighted by molar-refractivity contribution is 7.92. The Morgan fingerprint density at radius 1 is 0.957 bits per heavy atom. The zero-order valence-corrected chi connectivity index (χ0v) is 15.1. The maximum absolute atomic E-state index is 12.5. The van der Waals surface area contributed by atoms with Crippen LogP contribution in [0.15, 0.2) is 41.3 Å². The van der Waals surface area contributed by atoms with Crippen molar-refractivity contribution >= 4 is 21.4 Å². The molecule has 0 aromatic heterocycles. The Balaban J connectivity index is 2.34. The molecule has 0 saturated heterocycles. The summed E-state index contributed by atoms with van der Waals surface area (Å²) >= 11 is 0. The van der Waals surface area contributed by atoms with Gasteiger partial charge in [-0.25, -0.2) is 8.42 Å². The molecule has 0 aliphatic rings. The molecule has 0 atom stereocenters. The van der Waals surface area contributed by atoms with Crippen molar-refractivity contribution in [3.8, 4) is 0 Å². The van der Waals surface area contributed by atoms with E-state index < -0.39 is 10.0 Å². The van der Waals surface area contributed by atoms with Crippen molar-refractivity contribution in [3.05, 3.63) is 53.1 Å². The number of nitrogens with two attached hydrogens (primary N) is 1. The highest BCUT2D eigenvalue weighted by Gasteiger charge is 2.18. The van der Waals surface area contributed by atoms with E-state index in [4.69, 9.17) is 5.73 Å². The summed E-state index contributed by atoms with van der Waals surface area (Å²) in [5, 5.41) is 0. The molecule has 0 saturated carbocycles. The molecular weight excluding hydrogens is 308 g/mol. The van der Waals surface area contributed by atoms with Gasteiger partial charge in [0.1, 0.15) is 0 Å². The van der Waals surface area contributed by atoms with E-state index in [0.29, 0.717) is 11.4 Å². The Morgan fingerprint density at radius 3 is 2.00 bits per heavy atom. The lowest BCUT2D eigenvalue weighted by molar-refractivity contribution is 0.587. The van der Waals surface area contributed by atoms with E-state index in [-0.39, 0.29) is 10.3 Å². The smallest absolute Gasteiger partial charge is 0.261 e. The second kappa shape index (κ2) is 5.89. The van der Waals surface area contributed by atoms with E-state index in [1.807, 2.05) is 26.0 Å². The molecule has 2 aromatic rings. The lowest BCUT2D eigenvalue weighted by Gasteiger charge is -2.19. The molecule has 0 aliphatic carbocycles. The summed E-state index contributed by atoms with van der Waals surface area (Å²) in [5.74, 6) is 0. The largest absolute Gasteiger partial charge is 0.397 e. The number of nitrogen functional groups attached to an aromatic ring is 1. The topological polar surface area (TPSA) is 72.2 Å². The Bertz CT molecular complexity index is 817. The molecule has 0 fully saturated rings. The minimum Gasteiger partial charge on any atom is -0.397 e. The summed E-state index contributed by atoms with van der Waals surface area (Å²) in [6.07, 6.45) is 0. The van der Waals surface area contributed by atoms with Crippen LogP contribution in [0.25, 0.3) is 0 Å². The van der Waals surface area contributed by atoms with E-state index in [2.05, 4.69) is 25.5 Å². The normalized spacial score (nSPS) is 12.2. The number of rotatable bonds is 3. The molecule has 2 rings (SSSR count). The fraction of sp³-hybridized carbons (Fsp3) is 0.333. The predicted octanol–water partition coefficient (Wildman–Crippen LogP) is 3.98. The number of anilines is 2. The maximum Gasteiger partial charge on any atom is 0.261 e. The van der Waals surface area contributed by atoms with Gasteiger partial charge in [0.05, 0.1) is 16.3 Å². The van der Waals surface area contributed by atoms with Crippen LogP contribution in [0.2, 0.25) is 0 Å². The van der Waals surface area contributed by atoms with Gasteiger partial charge < -0.3 is 5.73 Å². The average Bonchev–Trinajstić information content (AvgIpc) is 2.44. The fourth-order valence-corrected chi connectivity index (χ4v) is 3.34. The van der Waals surface area contributed by atoms with E-state index in [1.165, 1.54) is 0 Å². The lowest BCUT2D eigenvalue weighted by Crippen LogP contribution is -2.16. The number of sulfonamides is 1. The monoisotopic (exact) mass is 332 g/mol. The van der Waals surface area contributed by atoms with Crippen LogP contribution < -0.4 is 10.5 Å².